The van der Waals surface area contributed by atoms with Gasteiger partial charge in [0.05, 0.1) is 18.2 Å². The van der Waals surface area contributed by atoms with E-state index in [0.29, 0.717) is 54.4 Å². The van der Waals surface area contributed by atoms with E-state index in [9.17, 15) is 13.6 Å². The van der Waals surface area contributed by atoms with Crippen molar-refractivity contribution in [1.82, 2.24) is 14.9 Å². The molecule has 0 aliphatic carbocycles. The fraction of sp³-hybridized carbons (Fsp3) is 0.393. The van der Waals surface area contributed by atoms with E-state index in [4.69, 9.17) is 9.84 Å². The van der Waals surface area contributed by atoms with Gasteiger partial charge in [-0.15, -0.1) is 0 Å². The molecule has 1 atom stereocenters. The van der Waals surface area contributed by atoms with Crippen LogP contribution in [0.2, 0.25) is 0 Å². The molecule has 5 rings (SSSR count). The van der Waals surface area contributed by atoms with Gasteiger partial charge in [0.2, 0.25) is 5.91 Å². The van der Waals surface area contributed by atoms with Gasteiger partial charge < -0.3 is 20.1 Å². The Bertz CT molecular complexity index is 1460. The van der Waals surface area contributed by atoms with Gasteiger partial charge >= 0.3 is 0 Å². The zero-order chi connectivity index (χ0) is 27.2. The second-order valence-electron chi connectivity index (χ2n) is 9.73. The van der Waals surface area contributed by atoms with Crippen LogP contribution in [0.5, 0.6) is 5.75 Å². The molecule has 2 aliphatic rings. The number of aromatic nitrogens is 2. The number of nitrogens with one attached hydrogen (secondary N) is 1. The molecule has 0 bridgehead atoms. The third-order valence-electron chi connectivity index (χ3n) is 7.20. The minimum Gasteiger partial charge on any atom is -0.491 e. The fourth-order valence-electron chi connectivity index (χ4n) is 5.18. The SMILES string of the molecule is CC(=O)N1CC=C(c2cc3c(NC(C)c4cccc(C(F)(F)CO)c4F)nc(C)nc3c3c2CCO3)CC1. The number of aryl methyl sites for hydroxylation is 1. The lowest BCUT2D eigenvalue weighted by Gasteiger charge is -2.26. The van der Waals surface area contributed by atoms with Gasteiger partial charge in [-0.2, -0.15) is 8.78 Å². The van der Waals surface area contributed by atoms with Crippen LogP contribution < -0.4 is 10.1 Å². The van der Waals surface area contributed by atoms with Crippen molar-refractivity contribution in [2.24, 2.45) is 0 Å². The van der Waals surface area contributed by atoms with Crippen molar-refractivity contribution in [3.8, 4) is 5.75 Å². The number of aliphatic hydroxyl groups is 1. The number of hydrogen-bond acceptors (Lipinski definition) is 6. The van der Waals surface area contributed by atoms with E-state index < -0.39 is 30.0 Å². The second kappa shape index (κ2) is 9.90. The first kappa shape index (κ1) is 26.0. The number of anilines is 1. The number of hydrogen-bond donors (Lipinski definition) is 2. The molecular weight excluding hydrogens is 497 g/mol. The summed E-state index contributed by atoms with van der Waals surface area (Å²) < 4.78 is 49.4. The van der Waals surface area contributed by atoms with Crippen LogP contribution in [-0.2, 0) is 17.1 Å². The summed E-state index contributed by atoms with van der Waals surface area (Å²) >= 11 is 0. The van der Waals surface area contributed by atoms with Crippen molar-refractivity contribution >= 4 is 28.2 Å². The standard InChI is InChI=1S/C28H29F3N4O3/c1-15(19-5-4-6-23(24(19)29)28(30,31)14-36)32-27-22-13-21(18-7-10-35(11-8-18)17(3)37)20-9-12-38-26(20)25(22)33-16(2)34-27/h4-7,13,15,36H,8-12,14H2,1-3H3,(H,32,33,34). The van der Waals surface area contributed by atoms with Gasteiger partial charge in [0.15, 0.2) is 0 Å². The highest BCUT2D eigenvalue weighted by atomic mass is 19.3. The van der Waals surface area contributed by atoms with Gasteiger partial charge in [0, 0.05) is 42.9 Å². The first-order valence-electron chi connectivity index (χ1n) is 12.6. The molecule has 1 amide bonds. The number of halogens is 3. The molecule has 0 saturated carbocycles. The van der Waals surface area contributed by atoms with Crippen molar-refractivity contribution in [2.45, 2.75) is 45.6 Å². The summed E-state index contributed by atoms with van der Waals surface area (Å²) in [4.78, 5) is 22.8. The Balaban J connectivity index is 1.58. The number of carbonyl (C=O) groups excluding carboxylic acids is 1. The zero-order valence-corrected chi connectivity index (χ0v) is 21.4. The summed E-state index contributed by atoms with van der Waals surface area (Å²) in [5.74, 6) is -3.15. The van der Waals surface area contributed by atoms with Crippen molar-refractivity contribution < 1.29 is 27.8 Å². The highest BCUT2D eigenvalue weighted by molar-refractivity contribution is 5.98. The number of aliphatic hydroxyl groups excluding tert-OH is 1. The maximum absolute atomic E-state index is 15.2. The number of rotatable bonds is 6. The molecule has 2 aliphatic heterocycles. The molecule has 3 heterocycles. The molecule has 1 aromatic heterocycles. The third-order valence-corrected chi connectivity index (χ3v) is 7.20. The van der Waals surface area contributed by atoms with Crippen LogP contribution >= 0.6 is 0 Å². The van der Waals surface area contributed by atoms with Crippen LogP contribution in [0.3, 0.4) is 0 Å². The molecule has 10 heteroatoms. The summed E-state index contributed by atoms with van der Waals surface area (Å²) in [6, 6.07) is 5.03. The van der Waals surface area contributed by atoms with Crippen molar-refractivity contribution in [3.05, 3.63) is 64.2 Å². The summed E-state index contributed by atoms with van der Waals surface area (Å²) in [6.07, 6.45) is 3.48. The molecule has 7 nitrogen and oxygen atoms in total. The van der Waals surface area contributed by atoms with E-state index in [1.165, 1.54) is 12.1 Å². The molecule has 1 unspecified atom stereocenters. The summed E-state index contributed by atoms with van der Waals surface area (Å²) in [7, 11) is 0. The highest BCUT2D eigenvalue weighted by Gasteiger charge is 2.35. The molecule has 0 fully saturated rings. The maximum Gasteiger partial charge on any atom is 0.298 e. The number of nitrogens with zero attached hydrogens (tertiary/aromatic N) is 3. The molecule has 0 saturated heterocycles. The molecule has 2 N–H and O–H groups in total. The summed E-state index contributed by atoms with van der Waals surface area (Å²) in [6.45, 7) is 5.14. The number of amides is 1. The van der Waals surface area contributed by atoms with Gasteiger partial charge in [0.1, 0.15) is 35.3 Å². The first-order chi connectivity index (χ1) is 18.1. The van der Waals surface area contributed by atoms with Crippen LogP contribution in [-0.4, -0.2) is 52.2 Å². The number of fused-ring (bicyclic) bond motifs is 3. The normalized spacial score (nSPS) is 16.2. The van der Waals surface area contributed by atoms with Crippen LogP contribution in [0.25, 0.3) is 16.5 Å². The lowest BCUT2D eigenvalue weighted by Crippen LogP contribution is -2.32. The lowest BCUT2D eigenvalue weighted by molar-refractivity contribution is -0.128. The largest absolute Gasteiger partial charge is 0.491 e. The maximum atomic E-state index is 15.2. The number of alkyl halides is 2. The topological polar surface area (TPSA) is 87.6 Å². The number of ether oxygens (including phenoxy) is 1. The molecule has 2 aromatic carbocycles. The lowest BCUT2D eigenvalue weighted by atomic mass is 9.91. The Morgan fingerprint density at radius 3 is 2.76 bits per heavy atom. The average molecular weight is 527 g/mol. The predicted octanol–water partition coefficient (Wildman–Crippen LogP) is 4.91. The van der Waals surface area contributed by atoms with Crippen molar-refractivity contribution in [2.75, 3.05) is 31.6 Å². The highest BCUT2D eigenvalue weighted by Crippen LogP contribution is 2.42. The zero-order valence-electron chi connectivity index (χ0n) is 21.4. The van der Waals surface area contributed by atoms with Gasteiger partial charge in [0.25, 0.3) is 5.92 Å². The Labute approximate surface area is 218 Å². The van der Waals surface area contributed by atoms with Crippen LogP contribution in [0.15, 0.2) is 30.3 Å². The Morgan fingerprint density at radius 2 is 2.08 bits per heavy atom. The second-order valence-corrected chi connectivity index (χ2v) is 9.73. The van der Waals surface area contributed by atoms with Crippen LogP contribution in [0.4, 0.5) is 19.0 Å². The molecule has 0 radical (unpaired) electrons. The van der Waals surface area contributed by atoms with E-state index in [0.717, 1.165) is 29.2 Å². The van der Waals surface area contributed by atoms with E-state index in [1.807, 2.05) is 6.07 Å². The van der Waals surface area contributed by atoms with E-state index in [2.05, 4.69) is 21.4 Å². The molecular formula is C28H29F3N4O3. The van der Waals surface area contributed by atoms with Gasteiger partial charge in [-0.25, -0.2) is 14.4 Å². The van der Waals surface area contributed by atoms with Crippen molar-refractivity contribution in [3.63, 3.8) is 0 Å². The summed E-state index contributed by atoms with van der Waals surface area (Å²) in [5, 5.41) is 12.9. The van der Waals surface area contributed by atoms with Gasteiger partial charge in [-0.1, -0.05) is 18.2 Å². The minimum atomic E-state index is -3.70. The third kappa shape index (κ3) is 4.57. The Hall–Kier alpha value is -3.66. The molecule has 38 heavy (non-hydrogen) atoms. The van der Waals surface area contributed by atoms with Gasteiger partial charge in [-0.05, 0) is 43.5 Å². The summed E-state index contributed by atoms with van der Waals surface area (Å²) in [5.41, 5.74) is 2.97. The quantitative estimate of drug-likeness (QED) is 0.475. The molecule has 200 valence electrons. The van der Waals surface area contributed by atoms with Crippen LogP contribution in [0, 0.1) is 12.7 Å². The monoisotopic (exact) mass is 526 g/mol. The van der Waals surface area contributed by atoms with Crippen molar-refractivity contribution in [1.29, 1.82) is 0 Å². The van der Waals surface area contributed by atoms with Crippen LogP contribution in [0.1, 0.15) is 54.4 Å². The molecule has 3 aromatic rings. The Morgan fingerprint density at radius 1 is 1.29 bits per heavy atom. The Kier molecular flexibility index (Phi) is 6.77. The molecule has 0 spiro atoms. The average Bonchev–Trinajstić information content (AvgIpc) is 3.39. The van der Waals surface area contributed by atoms with E-state index in [-0.39, 0.29) is 11.5 Å². The van der Waals surface area contributed by atoms with Gasteiger partial charge in [-0.3, -0.25) is 4.79 Å². The van der Waals surface area contributed by atoms with E-state index in [1.54, 1.807) is 25.7 Å². The van der Waals surface area contributed by atoms with E-state index >= 15 is 4.39 Å². The fourth-order valence-corrected chi connectivity index (χ4v) is 5.18. The number of benzene rings is 2. The predicted molar refractivity (Wildman–Crippen MR) is 138 cm³/mol. The smallest absolute Gasteiger partial charge is 0.298 e. The first-order valence-corrected chi connectivity index (χ1v) is 12.6. The number of carbonyl (C=O) groups is 1. The minimum absolute atomic E-state index is 0.0250.